The van der Waals surface area contributed by atoms with Gasteiger partial charge in [0.15, 0.2) is 0 Å². The molecule has 1 aliphatic carbocycles. The number of hydrogen-bond donors (Lipinski definition) is 1. The summed E-state index contributed by atoms with van der Waals surface area (Å²) in [6.07, 6.45) is 8.60. The smallest absolute Gasteiger partial charge is 0.228 e. The van der Waals surface area contributed by atoms with Crippen molar-refractivity contribution in [1.82, 2.24) is 5.32 Å². The molecule has 0 radical (unpaired) electrons. The number of amidine groups is 1. The highest BCUT2D eigenvalue weighted by atomic mass is 16.2. The first-order chi connectivity index (χ1) is 8.98. The van der Waals surface area contributed by atoms with Crippen LogP contribution >= 0.6 is 0 Å². The largest absolute Gasteiger partial charge is 0.314 e. The molecule has 2 rings (SSSR count). The zero-order valence-corrected chi connectivity index (χ0v) is 12.7. The maximum atomic E-state index is 12.5. The first-order valence-corrected chi connectivity index (χ1v) is 7.84. The standard InChI is InChI=1S/C16H28N2O/c1-16(2,3)15-17-11-12-9-7-5-4-6-8-10-13(12)14(19)18-15/h12-13H,4-11H2,1-3H3,(H,17,18,19). The molecule has 1 aliphatic heterocycles. The third-order valence-electron chi connectivity index (χ3n) is 4.43. The van der Waals surface area contributed by atoms with Crippen LogP contribution in [0.1, 0.15) is 65.7 Å². The minimum absolute atomic E-state index is 0.0633. The lowest BCUT2D eigenvalue weighted by molar-refractivity contribution is -0.125. The first-order valence-electron chi connectivity index (χ1n) is 7.84. The van der Waals surface area contributed by atoms with E-state index < -0.39 is 0 Å². The molecular formula is C16H28N2O. The van der Waals surface area contributed by atoms with Crippen molar-refractivity contribution in [2.45, 2.75) is 65.7 Å². The summed E-state index contributed by atoms with van der Waals surface area (Å²) in [5.74, 6) is 1.74. The Labute approximate surface area is 117 Å². The van der Waals surface area contributed by atoms with Crippen LogP contribution in [0.15, 0.2) is 4.99 Å². The number of nitrogens with zero attached hydrogens (tertiary/aromatic N) is 1. The first kappa shape index (κ1) is 14.5. The average Bonchev–Trinajstić information content (AvgIpc) is 2.43. The van der Waals surface area contributed by atoms with E-state index >= 15 is 0 Å². The van der Waals surface area contributed by atoms with Gasteiger partial charge in [-0.2, -0.15) is 0 Å². The average molecular weight is 264 g/mol. The Morgan fingerprint density at radius 1 is 1.05 bits per heavy atom. The Morgan fingerprint density at radius 3 is 2.37 bits per heavy atom. The number of rotatable bonds is 0. The second-order valence-electron chi connectivity index (χ2n) is 7.14. The summed E-state index contributed by atoms with van der Waals surface area (Å²) in [6.45, 7) is 7.18. The number of carbonyl (C=O) groups excluding carboxylic acids is 1. The van der Waals surface area contributed by atoms with Crippen molar-refractivity contribution in [1.29, 1.82) is 0 Å². The topological polar surface area (TPSA) is 41.5 Å². The van der Waals surface area contributed by atoms with E-state index in [9.17, 15) is 4.79 Å². The Hall–Kier alpha value is -0.860. The molecule has 2 atom stereocenters. The van der Waals surface area contributed by atoms with Gasteiger partial charge in [-0.1, -0.05) is 52.9 Å². The van der Waals surface area contributed by atoms with Crippen LogP contribution in [0.2, 0.25) is 0 Å². The molecule has 19 heavy (non-hydrogen) atoms. The molecule has 2 unspecified atom stereocenters. The van der Waals surface area contributed by atoms with E-state index in [2.05, 4.69) is 26.1 Å². The van der Waals surface area contributed by atoms with Gasteiger partial charge in [0.2, 0.25) is 5.91 Å². The van der Waals surface area contributed by atoms with E-state index in [1.54, 1.807) is 0 Å². The molecule has 2 aliphatic rings. The maximum absolute atomic E-state index is 12.5. The highest BCUT2D eigenvalue weighted by Crippen LogP contribution is 2.30. The number of amides is 1. The fourth-order valence-corrected chi connectivity index (χ4v) is 3.18. The monoisotopic (exact) mass is 264 g/mol. The Bertz CT molecular complexity index is 354. The van der Waals surface area contributed by atoms with Crippen molar-refractivity contribution in [2.24, 2.45) is 22.2 Å². The van der Waals surface area contributed by atoms with Crippen molar-refractivity contribution in [2.75, 3.05) is 6.54 Å². The van der Waals surface area contributed by atoms with Gasteiger partial charge in [-0.15, -0.1) is 0 Å². The molecule has 0 aromatic rings. The van der Waals surface area contributed by atoms with Crippen LogP contribution in [0, 0.1) is 17.3 Å². The summed E-state index contributed by atoms with van der Waals surface area (Å²) in [5, 5.41) is 3.10. The molecule has 0 spiro atoms. The van der Waals surface area contributed by atoms with E-state index in [0.717, 1.165) is 18.8 Å². The lowest BCUT2D eigenvalue weighted by Crippen LogP contribution is -2.41. The Morgan fingerprint density at radius 2 is 1.68 bits per heavy atom. The molecule has 0 aromatic heterocycles. The molecule has 1 saturated carbocycles. The molecule has 3 heteroatoms. The van der Waals surface area contributed by atoms with Crippen LogP contribution in [0.25, 0.3) is 0 Å². The molecule has 0 saturated heterocycles. The number of aliphatic imine (C=N–C) groups is 1. The summed E-state index contributed by atoms with van der Waals surface area (Å²) in [5.41, 5.74) is -0.0633. The van der Waals surface area contributed by atoms with E-state index in [-0.39, 0.29) is 17.2 Å². The zero-order valence-electron chi connectivity index (χ0n) is 12.7. The van der Waals surface area contributed by atoms with Gasteiger partial charge in [0.1, 0.15) is 5.84 Å². The molecular weight excluding hydrogens is 236 g/mol. The summed E-state index contributed by atoms with van der Waals surface area (Å²) in [7, 11) is 0. The fourth-order valence-electron chi connectivity index (χ4n) is 3.18. The SMILES string of the molecule is CC(C)(C)C1=NCC2CCCCCCCC2C(=O)N1. The highest BCUT2D eigenvalue weighted by molar-refractivity contribution is 6.02. The van der Waals surface area contributed by atoms with Crippen LogP contribution in [0.4, 0.5) is 0 Å². The van der Waals surface area contributed by atoms with Gasteiger partial charge in [-0.25, -0.2) is 0 Å². The van der Waals surface area contributed by atoms with Crippen molar-refractivity contribution in [3.63, 3.8) is 0 Å². The van der Waals surface area contributed by atoms with E-state index in [4.69, 9.17) is 4.99 Å². The van der Waals surface area contributed by atoms with E-state index in [1.807, 2.05) is 0 Å². The number of nitrogens with one attached hydrogen (secondary N) is 1. The minimum atomic E-state index is -0.0633. The van der Waals surface area contributed by atoms with E-state index in [0.29, 0.717) is 5.92 Å². The fraction of sp³-hybridized carbons (Fsp3) is 0.875. The second kappa shape index (κ2) is 6.06. The van der Waals surface area contributed by atoms with Crippen LogP contribution in [0.5, 0.6) is 0 Å². The van der Waals surface area contributed by atoms with Crippen molar-refractivity contribution >= 4 is 11.7 Å². The molecule has 3 nitrogen and oxygen atoms in total. The van der Waals surface area contributed by atoms with Crippen molar-refractivity contribution in [3.8, 4) is 0 Å². The molecule has 1 heterocycles. The lowest BCUT2D eigenvalue weighted by Gasteiger charge is -2.23. The molecule has 0 bridgehead atoms. The summed E-state index contributed by atoms with van der Waals surface area (Å²) in [6, 6.07) is 0. The molecule has 1 N–H and O–H groups in total. The van der Waals surface area contributed by atoms with Crippen molar-refractivity contribution < 1.29 is 4.79 Å². The van der Waals surface area contributed by atoms with Gasteiger partial charge in [-0.3, -0.25) is 9.79 Å². The summed E-state index contributed by atoms with van der Waals surface area (Å²) >= 11 is 0. The molecule has 1 amide bonds. The molecule has 0 aromatic carbocycles. The van der Waals surface area contributed by atoms with Gasteiger partial charge >= 0.3 is 0 Å². The van der Waals surface area contributed by atoms with Crippen molar-refractivity contribution in [3.05, 3.63) is 0 Å². The van der Waals surface area contributed by atoms with Gasteiger partial charge in [-0.05, 0) is 18.8 Å². The van der Waals surface area contributed by atoms with Gasteiger partial charge in [0.25, 0.3) is 0 Å². The lowest BCUT2D eigenvalue weighted by atomic mass is 9.85. The normalized spacial score (nSPS) is 30.1. The van der Waals surface area contributed by atoms with Crippen LogP contribution in [-0.2, 0) is 4.79 Å². The zero-order chi connectivity index (χ0) is 13.9. The van der Waals surface area contributed by atoms with Gasteiger partial charge in [0, 0.05) is 17.9 Å². The van der Waals surface area contributed by atoms with Crippen LogP contribution < -0.4 is 5.32 Å². The molecule has 1 fully saturated rings. The Balaban J connectivity index is 2.15. The second-order valence-corrected chi connectivity index (χ2v) is 7.14. The predicted molar refractivity (Wildman–Crippen MR) is 79.2 cm³/mol. The number of carbonyl (C=O) groups is 1. The Kier molecular flexibility index (Phi) is 4.64. The number of fused-ring (bicyclic) bond motifs is 1. The summed E-state index contributed by atoms with van der Waals surface area (Å²) < 4.78 is 0. The van der Waals surface area contributed by atoms with Crippen LogP contribution in [-0.4, -0.2) is 18.3 Å². The highest BCUT2D eigenvalue weighted by Gasteiger charge is 2.33. The quantitative estimate of drug-likeness (QED) is 0.714. The summed E-state index contributed by atoms with van der Waals surface area (Å²) in [4.78, 5) is 17.2. The van der Waals surface area contributed by atoms with E-state index in [1.165, 1.54) is 38.5 Å². The predicted octanol–water partition coefficient (Wildman–Crippen LogP) is 3.54. The van der Waals surface area contributed by atoms with Crippen LogP contribution in [0.3, 0.4) is 0 Å². The van der Waals surface area contributed by atoms with Gasteiger partial charge in [0.05, 0.1) is 0 Å². The van der Waals surface area contributed by atoms with Gasteiger partial charge < -0.3 is 5.32 Å². The minimum Gasteiger partial charge on any atom is -0.314 e. The molecule has 108 valence electrons. The maximum Gasteiger partial charge on any atom is 0.228 e. The third-order valence-corrected chi connectivity index (χ3v) is 4.43. The number of hydrogen-bond acceptors (Lipinski definition) is 2. The third kappa shape index (κ3) is 3.80.